The summed E-state index contributed by atoms with van der Waals surface area (Å²) >= 11 is 0. The van der Waals surface area contributed by atoms with Crippen molar-refractivity contribution >= 4 is 33.1 Å². The standard InChI is InChI=1S/C13H18N2O5S/c1-9-3-4-10(14)7-11(9)15-12(16)5-6-21(18,19)8-13(17)20-2/h3-4,7H,5-6,8,14H2,1-2H3,(H,15,16). The molecule has 3 N–H and O–H groups in total. The second kappa shape index (κ2) is 7.07. The number of nitrogens with two attached hydrogens (primary N) is 1. The minimum Gasteiger partial charge on any atom is -0.468 e. The number of methoxy groups -OCH3 is 1. The average Bonchev–Trinajstić information content (AvgIpc) is 2.40. The largest absolute Gasteiger partial charge is 0.468 e. The van der Waals surface area contributed by atoms with Gasteiger partial charge in [-0.15, -0.1) is 0 Å². The third-order valence-electron chi connectivity index (χ3n) is 2.74. The zero-order chi connectivity index (χ0) is 16.0. The van der Waals surface area contributed by atoms with Crippen molar-refractivity contribution in [2.75, 3.05) is 29.7 Å². The Balaban J connectivity index is 2.58. The Morgan fingerprint density at radius 1 is 1.33 bits per heavy atom. The Labute approximate surface area is 123 Å². The Bertz CT molecular complexity index is 640. The van der Waals surface area contributed by atoms with Gasteiger partial charge in [0.25, 0.3) is 0 Å². The molecule has 21 heavy (non-hydrogen) atoms. The van der Waals surface area contributed by atoms with Gasteiger partial charge in [0.15, 0.2) is 9.84 Å². The molecule has 0 bridgehead atoms. The highest BCUT2D eigenvalue weighted by molar-refractivity contribution is 7.92. The number of hydrogen-bond donors (Lipinski definition) is 2. The molecule has 0 spiro atoms. The fourth-order valence-corrected chi connectivity index (χ4v) is 2.66. The number of amides is 1. The second-order valence-electron chi connectivity index (χ2n) is 4.54. The Morgan fingerprint density at radius 2 is 2.00 bits per heavy atom. The molecule has 0 aliphatic rings. The van der Waals surface area contributed by atoms with Crippen LogP contribution in [0, 0.1) is 6.92 Å². The first-order chi connectivity index (χ1) is 9.73. The van der Waals surface area contributed by atoms with Gasteiger partial charge in [-0.25, -0.2) is 8.42 Å². The predicted molar refractivity (Wildman–Crippen MR) is 79.5 cm³/mol. The molecule has 0 aromatic heterocycles. The second-order valence-corrected chi connectivity index (χ2v) is 6.72. The molecule has 0 radical (unpaired) electrons. The quantitative estimate of drug-likeness (QED) is 0.583. The molecule has 0 heterocycles. The van der Waals surface area contributed by atoms with Crippen LogP contribution in [0.1, 0.15) is 12.0 Å². The number of carbonyl (C=O) groups is 2. The van der Waals surface area contributed by atoms with Gasteiger partial charge in [0, 0.05) is 17.8 Å². The molecule has 1 aromatic rings. The van der Waals surface area contributed by atoms with Gasteiger partial charge < -0.3 is 15.8 Å². The molecular formula is C13H18N2O5S. The summed E-state index contributed by atoms with van der Waals surface area (Å²) in [6, 6.07) is 5.04. The van der Waals surface area contributed by atoms with Crippen molar-refractivity contribution in [3.8, 4) is 0 Å². The highest BCUT2D eigenvalue weighted by Crippen LogP contribution is 2.18. The van der Waals surface area contributed by atoms with E-state index in [2.05, 4.69) is 10.1 Å². The molecule has 0 saturated carbocycles. The first-order valence-corrected chi connectivity index (χ1v) is 7.99. The van der Waals surface area contributed by atoms with Gasteiger partial charge >= 0.3 is 5.97 Å². The summed E-state index contributed by atoms with van der Waals surface area (Å²) in [7, 11) is -2.55. The molecule has 116 valence electrons. The molecule has 1 rings (SSSR count). The van der Waals surface area contributed by atoms with Crippen molar-refractivity contribution < 1.29 is 22.7 Å². The molecule has 8 heteroatoms. The SMILES string of the molecule is COC(=O)CS(=O)(=O)CCC(=O)Nc1cc(N)ccc1C. The maximum atomic E-state index is 11.7. The van der Waals surface area contributed by atoms with Crippen LogP contribution in [-0.4, -0.2) is 38.9 Å². The van der Waals surface area contributed by atoms with E-state index < -0.39 is 33.2 Å². The Hall–Kier alpha value is -2.09. The Kier molecular flexibility index (Phi) is 5.71. The fourth-order valence-electron chi connectivity index (χ4n) is 1.55. The van der Waals surface area contributed by atoms with Crippen molar-refractivity contribution in [2.24, 2.45) is 0 Å². The van der Waals surface area contributed by atoms with E-state index in [1.54, 1.807) is 25.1 Å². The summed E-state index contributed by atoms with van der Waals surface area (Å²) in [6.45, 7) is 1.79. The third kappa shape index (κ3) is 5.82. The van der Waals surface area contributed by atoms with Crippen LogP contribution in [0.3, 0.4) is 0 Å². The van der Waals surface area contributed by atoms with Crippen LogP contribution in [0.15, 0.2) is 18.2 Å². The maximum Gasteiger partial charge on any atom is 0.320 e. The van der Waals surface area contributed by atoms with E-state index in [9.17, 15) is 18.0 Å². The minimum absolute atomic E-state index is 0.242. The van der Waals surface area contributed by atoms with E-state index in [0.29, 0.717) is 11.4 Å². The van der Waals surface area contributed by atoms with Gasteiger partial charge in [0.05, 0.1) is 12.9 Å². The highest BCUT2D eigenvalue weighted by Gasteiger charge is 2.18. The minimum atomic E-state index is -3.66. The van der Waals surface area contributed by atoms with E-state index in [-0.39, 0.29) is 6.42 Å². The number of nitrogen functional groups attached to an aromatic ring is 1. The lowest BCUT2D eigenvalue weighted by molar-refractivity contribution is -0.137. The molecule has 7 nitrogen and oxygen atoms in total. The van der Waals surface area contributed by atoms with Crippen LogP contribution < -0.4 is 11.1 Å². The summed E-state index contributed by atoms with van der Waals surface area (Å²) in [5.41, 5.74) is 7.46. The molecule has 1 aromatic carbocycles. The lowest BCUT2D eigenvalue weighted by atomic mass is 10.2. The molecule has 0 unspecified atom stereocenters. The summed E-state index contributed by atoms with van der Waals surface area (Å²) in [4.78, 5) is 22.7. The zero-order valence-electron chi connectivity index (χ0n) is 11.9. The topological polar surface area (TPSA) is 116 Å². The number of carbonyl (C=O) groups excluding carboxylic acids is 2. The van der Waals surface area contributed by atoms with Crippen LogP contribution in [-0.2, 0) is 24.2 Å². The van der Waals surface area contributed by atoms with Crippen LogP contribution in [0.25, 0.3) is 0 Å². The van der Waals surface area contributed by atoms with Crippen molar-refractivity contribution in [1.82, 2.24) is 0 Å². The van der Waals surface area contributed by atoms with Crippen molar-refractivity contribution in [1.29, 1.82) is 0 Å². The van der Waals surface area contributed by atoms with Crippen LogP contribution >= 0.6 is 0 Å². The van der Waals surface area contributed by atoms with E-state index in [1.165, 1.54) is 0 Å². The fraction of sp³-hybridized carbons (Fsp3) is 0.385. The van der Waals surface area contributed by atoms with Crippen molar-refractivity contribution in [3.63, 3.8) is 0 Å². The lowest BCUT2D eigenvalue weighted by Crippen LogP contribution is -2.23. The average molecular weight is 314 g/mol. The monoisotopic (exact) mass is 314 g/mol. The van der Waals surface area contributed by atoms with E-state index in [4.69, 9.17) is 5.73 Å². The van der Waals surface area contributed by atoms with Crippen molar-refractivity contribution in [2.45, 2.75) is 13.3 Å². The summed E-state index contributed by atoms with van der Waals surface area (Å²) in [6.07, 6.45) is -0.242. The number of aryl methyl sites for hydroxylation is 1. The number of anilines is 2. The number of benzene rings is 1. The van der Waals surface area contributed by atoms with Gasteiger partial charge in [-0.1, -0.05) is 6.07 Å². The number of sulfone groups is 1. The lowest BCUT2D eigenvalue weighted by Gasteiger charge is -2.09. The van der Waals surface area contributed by atoms with Crippen molar-refractivity contribution in [3.05, 3.63) is 23.8 Å². The van der Waals surface area contributed by atoms with Gasteiger partial charge in [-0.3, -0.25) is 9.59 Å². The Morgan fingerprint density at radius 3 is 2.62 bits per heavy atom. The van der Waals surface area contributed by atoms with Gasteiger partial charge in [-0.2, -0.15) is 0 Å². The summed E-state index contributed by atoms with van der Waals surface area (Å²) in [5, 5.41) is 2.59. The third-order valence-corrected chi connectivity index (χ3v) is 4.24. The summed E-state index contributed by atoms with van der Waals surface area (Å²) < 4.78 is 27.4. The number of rotatable bonds is 6. The van der Waals surface area contributed by atoms with Crippen LogP contribution in [0.5, 0.6) is 0 Å². The molecule has 0 saturated heterocycles. The molecule has 0 aliphatic carbocycles. The maximum absolute atomic E-state index is 11.7. The predicted octanol–water partition coefficient (Wildman–Crippen LogP) is 0.494. The zero-order valence-corrected chi connectivity index (χ0v) is 12.7. The normalized spacial score (nSPS) is 11.0. The number of nitrogens with one attached hydrogen (secondary N) is 1. The highest BCUT2D eigenvalue weighted by atomic mass is 32.2. The first-order valence-electron chi connectivity index (χ1n) is 6.17. The van der Waals surface area contributed by atoms with Gasteiger partial charge in [0.1, 0.15) is 5.75 Å². The number of ether oxygens (including phenoxy) is 1. The molecule has 1 amide bonds. The van der Waals surface area contributed by atoms with Gasteiger partial charge in [-0.05, 0) is 24.6 Å². The van der Waals surface area contributed by atoms with E-state index in [0.717, 1.165) is 12.7 Å². The van der Waals surface area contributed by atoms with E-state index in [1.807, 2.05) is 0 Å². The first kappa shape index (κ1) is 17.0. The number of hydrogen-bond acceptors (Lipinski definition) is 6. The molecule has 0 aliphatic heterocycles. The smallest absolute Gasteiger partial charge is 0.320 e. The van der Waals surface area contributed by atoms with Crippen LogP contribution in [0.2, 0.25) is 0 Å². The van der Waals surface area contributed by atoms with Gasteiger partial charge in [0.2, 0.25) is 5.91 Å². The molecule has 0 fully saturated rings. The van der Waals surface area contributed by atoms with E-state index >= 15 is 0 Å². The molecule has 0 atom stereocenters. The molecular weight excluding hydrogens is 296 g/mol. The summed E-state index contributed by atoms with van der Waals surface area (Å²) in [5.74, 6) is -2.46. The van der Waals surface area contributed by atoms with Crippen LogP contribution in [0.4, 0.5) is 11.4 Å². The number of esters is 1.